The van der Waals surface area contributed by atoms with Crippen LogP contribution in [-0.2, 0) is 32.5 Å². The minimum Gasteiger partial charge on any atom is -0.677 e. The molecule has 0 unspecified atom stereocenters. The SMILES string of the molecule is [Au+].[NH-]CCS(=O)(=O)O. The van der Waals surface area contributed by atoms with Gasteiger partial charge in [0.15, 0.2) is 0 Å². The summed E-state index contributed by atoms with van der Waals surface area (Å²) in [4.78, 5) is 0. The van der Waals surface area contributed by atoms with Crippen molar-refractivity contribution in [3.8, 4) is 0 Å². The molecule has 0 radical (unpaired) electrons. The van der Waals surface area contributed by atoms with Crippen molar-refractivity contribution in [1.29, 1.82) is 0 Å². The molecule has 8 heavy (non-hydrogen) atoms. The van der Waals surface area contributed by atoms with Crippen LogP contribution in [0.3, 0.4) is 0 Å². The molecular formula is C2H6AuNO3S. The molecule has 0 aliphatic heterocycles. The molecule has 0 atom stereocenters. The minimum atomic E-state index is -3.86. The van der Waals surface area contributed by atoms with Crippen LogP contribution in [0.15, 0.2) is 0 Å². The Morgan fingerprint density at radius 3 is 1.88 bits per heavy atom. The average molecular weight is 321 g/mol. The van der Waals surface area contributed by atoms with Gasteiger partial charge in [-0.2, -0.15) is 8.42 Å². The smallest absolute Gasteiger partial charge is 0.677 e. The molecule has 0 spiro atoms. The minimum absolute atomic E-state index is 0. The Bertz CT molecular complexity index is 130. The van der Waals surface area contributed by atoms with Crippen molar-refractivity contribution in [3.63, 3.8) is 0 Å². The molecule has 0 rings (SSSR count). The van der Waals surface area contributed by atoms with Crippen molar-refractivity contribution in [2.24, 2.45) is 0 Å². The van der Waals surface area contributed by atoms with E-state index in [9.17, 15) is 8.42 Å². The summed E-state index contributed by atoms with van der Waals surface area (Å²) in [6.45, 7) is -0.279. The summed E-state index contributed by atoms with van der Waals surface area (Å²) in [5, 5.41) is 0. The number of rotatable bonds is 2. The van der Waals surface area contributed by atoms with Crippen LogP contribution in [-0.4, -0.2) is 25.3 Å². The number of nitrogens with one attached hydrogen (secondary N) is 1. The first-order valence-corrected chi connectivity index (χ1v) is 3.27. The van der Waals surface area contributed by atoms with E-state index in [1.807, 2.05) is 0 Å². The molecule has 0 bridgehead atoms. The zero-order chi connectivity index (χ0) is 5.91. The van der Waals surface area contributed by atoms with Crippen LogP contribution >= 0.6 is 0 Å². The van der Waals surface area contributed by atoms with Crippen LogP contribution < -0.4 is 0 Å². The zero-order valence-corrected chi connectivity index (χ0v) is 6.87. The molecule has 0 aromatic heterocycles. The largest absolute Gasteiger partial charge is 1.00 e. The molecule has 0 aliphatic rings. The molecule has 2 N–H and O–H groups in total. The fourth-order valence-corrected chi connectivity index (χ4v) is 0.387. The molecule has 54 valence electrons. The first-order valence-electron chi connectivity index (χ1n) is 1.66. The summed E-state index contributed by atoms with van der Waals surface area (Å²) in [5.74, 6) is -0.465. The summed E-state index contributed by atoms with van der Waals surface area (Å²) in [6, 6.07) is 0. The van der Waals surface area contributed by atoms with E-state index in [4.69, 9.17) is 10.3 Å². The molecule has 6 heteroatoms. The zero-order valence-electron chi connectivity index (χ0n) is 3.89. The molecule has 0 amide bonds. The van der Waals surface area contributed by atoms with E-state index in [1.54, 1.807) is 0 Å². The maximum absolute atomic E-state index is 9.67. The summed E-state index contributed by atoms with van der Waals surface area (Å²) in [7, 11) is -3.86. The van der Waals surface area contributed by atoms with E-state index in [2.05, 4.69) is 0 Å². The Hall–Kier alpha value is 0.610. The summed E-state index contributed by atoms with van der Waals surface area (Å²) in [6.07, 6.45) is 0. The first-order chi connectivity index (χ1) is 3.06. The second kappa shape index (κ2) is 4.49. The van der Waals surface area contributed by atoms with Gasteiger partial charge in [0.25, 0.3) is 10.1 Å². The third kappa shape index (κ3) is 9.79. The Morgan fingerprint density at radius 1 is 1.50 bits per heavy atom. The van der Waals surface area contributed by atoms with Gasteiger partial charge in [-0.1, -0.05) is 0 Å². The van der Waals surface area contributed by atoms with Crippen molar-refractivity contribution >= 4 is 10.1 Å². The standard InChI is InChI=1S/C2H6NO3S.Au/c3-1-2-7(4,5)6;/h3H,1-2H2,(H,4,5,6);/q-1;+1. The van der Waals surface area contributed by atoms with Crippen LogP contribution in [0.2, 0.25) is 0 Å². The van der Waals surface area contributed by atoms with Gasteiger partial charge in [0.2, 0.25) is 0 Å². The molecular weight excluding hydrogens is 315 g/mol. The van der Waals surface area contributed by atoms with E-state index in [1.165, 1.54) is 0 Å². The fourth-order valence-electron chi connectivity index (χ4n) is 0.129. The van der Waals surface area contributed by atoms with E-state index in [0.717, 1.165) is 0 Å². The maximum atomic E-state index is 9.67. The van der Waals surface area contributed by atoms with Crippen LogP contribution in [0.25, 0.3) is 5.73 Å². The second-order valence-electron chi connectivity index (χ2n) is 1.04. The summed E-state index contributed by atoms with van der Waals surface area (Å²) >= 11 is 0. The predicted molar refractivity (Wildman–Crippen MR) is 25.6 cm³/mol. The molecule has 0 fully saturated rings. The Labute approximate surface area is 63.7 Å². The quantitative estimate of drug-likeness (QED) is 0.571. The van der Waals surface area contributed by atoms with E-state index in [0.29, 0.717) is 0 Å². The second-order valence-corrected chi connectivity index (χ2v) is 2.61. The summed E-state index contributed by atoms with van der Waals surface area (Å²) in [5.41, 5.74) is 6.32. The first kappa shape index (κ1) is 11.4. The van der Waals surface area contributed by atoms with E-state index < -0.39 is 15.9 Å². The molecule has 0 saturated heterocycles. The third-order valence-electron chi connectivity index (χ3n) is 0.360. The van der Waals surface area contributed by atoms with Gasteiger partial charge in [0.05, 0.1) is 5.75 Å². The van der Waals surface area contributed by atoms with Crippen LogP contribution in [0.1, 0.15) is 0 Å². The fraction of sp³-hybridized carbons (Fsp3) is 1.00. The van der Waals surface area contributed by atoms with Gasteiger partial charge in [0, 0.05) is 0 Å². The number of hydrogen-bond donors (Lipinski definition) is 1. The van der Waals surface area contributed by atoms with Crippen molar-refractivity contribution in [2.75, 3.05) is 12.3 Å². The van der Waals surface area contributed by atoms with Gasteiger partial charge in [-0.3, -0.25) is 4.55 Å². The maximum Gasteiger partial charge on any atom is 1.00 e. The van der Waals surface area contributed by atoms with Gasteiger partial charge in [-0.15, -0.1) is 6.54 Å². The van der Waals surface area contributed by atoms with Crippen molar-refractivity contribution in [1.82, 2.24) is 0 Å². The molecule has 0 heterocycles. The van der Waals surface area contributed by atoms with E-state index >= 15 is 0 Å². The normalized spacial score (nSPS) is 10.2. The Morgan fingerprint density at radius 2 is 1.88 bits per heavy atom. The van der Waals surface area contributed by atoms with Gasteiger partial charge < -0.3 is 5.73 Å². The molecule has 4 nitrogen and oxygen atoms in total. The van der Waals surface area contributed by atoms with Crippen LogP contribution in [0, 0.1) is 0 Å². The molecule has 0 aromatic carbocycles. The van der Waals surface area contributed by atoms with E-state index in [-0.39, 0.29) is 28.9 Å². The van der Waals surface area contributed by atoms with Gasteiger partial charge in [-0.25, -0.2) is 0 Å². The predicted octanol–water partition coefficient (Wildman–Crippen LogP) is -0.0761. The average Bonchev–Trinajstić information content (AvgIpc) is 1.30. The summed E-state index contributed by atoms with van der Waals surface area (Å²) < 4.78 is 27.2. The number of hydrogen-bond acceptors (Lipinski definition) is 2. The monoisotopic (exact) mass is 321 g/mol. The van der Waals surface area contributed by atoms with Crippen molar-refractivity contribution in [3.05, 3.63) is 5.73 Å². The topological polar surface area (TPSA) is 78.2 Å². The van der Waals surface area contributed by atoms with Crippen molar-refractivity contribution < 1.29 is 35.4 Å². The van der Waals surface area contributed by atoms with Crippen LogP contribution in [0.4, 0.5) is 0 Å². The Kier molecular flexibility index (Phi) is 6.40. The van der Waals surface area contributed by atoms with Gasteiger partial charge >= 0.3 is 22.4 Å². The van der Waals surface area contributed by atoms with Gasteiger partial charge in [-0.05, 0) is 0 Å². The molecule has 0 aliphatic carbocycles. The Balaban J connectivity index is 0. The molecule has 0 aromatic rings. The van der Waals surface area contributed by atoms with Gasteiger partial charge in [0.1, 0.15) is 0 Å². The third-order valence-corrected chi connectivity index (χ3v) is 1.08. The van der Waals surface area contributed by atoms with Crippen molar-refractivity contribution in [2.45, 2.75) is 0 Å². The molecule has 0 saturated carbocycles. The van der Waals surface area contributed by atoms with Crippen LogP contribution in [0.5, 0.6) is 0 Å².